The molecule has 0 spiro atoms. The van der Waals surface area contributed by atoms with Crippen LogP contribution in [0.3, 0.4) is 0 Å². The van der Waals surface area contributed by atoms with Crippen molar-refractivity contribution in [2.75, 3.05) is 0 Å². The van der Waals surface area contributed by atoms with Gasteiger partial charge in [0.25, 0.3) is 0 Å². The molecule has 2 aromatic rings. The molecule has 1 heterocycles. The predicted octanol–water partition coefficient (Wildman–Crippen LogP) is 3.09. The number of aryl methyl sites for hydroxylation is 1. The van der Waals surface area contributed by atoms with Crippen molar-refractivity contribution in [3.8, 4) is 17.1 Å². The Hall–Kier alpha value is -1.77. The van der Waals surface area contributed by atoms with Crippen LogP contribution >= 0.6 is 0 Å². The molecule has 0 bridgehead atoms. The molecule has 17 heavy (non-hydrogen) atoms. The van der Waals surface area contributed by atoms with Gasteiger partial charge in [0.05, 0.1) is 5.69 Å². The van der Waals surface area contributed by atoms with Gasteiger partial charge >= 0.3 is 0 Å². The molecule has 1 aromatic heterocycles. The highest BCUT2D eigenvalue weighted by molar-refractivity contribution is 5.66. The zero-order valence-electron chi connectivity index (χ0n) is 10.7. The standard InChI is InChI=1S/C14H18N2O/c1-14(2,3)11-12(15-16(4)13(11)17)10-8-6-5-7-9-10/h5-9,17H,1-4H3. The Labute approximate surface area is 102 Å². The van der Waals surface area contributed by atoms with Crippen molar-refractivity contribution in [3.05, 3.63) is 35.9 Å². The van der Waals surface area contributed by atoms with Crippen LogP contribution in [0.4, 0.5) is 0 Å². The molecule has 0 aliphatic rings. The Bertz CT molecular complexity index is 521. The Morgan fingerprint density at radius 3 is 2.24 bits per heavy atom. The molecule has 0 saturated carbocycles. The van der Waals surface area contributed by atoms with Gasteiger partial charge < -0.3 is 5.11 Å². The van der Waals surface area contributed by atoms with Crippen molar-refractivity contribution in [2.45, 2.75) is 26.2 Å². The number of aromatic hydroxyl groups is 1. The van der Waals surface area contributed by atoms with E-state index in [-0.39, 0.29) is 11.3 Å². The van der Waals surface area contributed by atoms with Crippen molar-refractivity contribution < 1.29 is 5.11 Å². The largest absolute Gasteiger partial charge is 0.493 e. The van der Waals surface area contributed by atoms with Gasteiger partial charge in [-0.25, -0.2) is 4.68 Å². The van der Waals surface area contributed by atoms with Gasteiger partial charge in [0.1, 0.15) is 0 Å². The smallest absolute Gasteiger partial charge is 0.213 e. The van der Waals surface area contributed by atoms with E-state index >= 15 is 0 Å². The third kappa shape index (κ3) is 2.05. The lowest BCUT2D eigenvalue weighted by molar-refractivity contribution is 0.401. The van der Waals surface area contributed by atoms with E-state index in [2.05, 4.69) is 25.9 Å². The predicted molar refractivity (Wildman–Crippen MR) is 69.0 cm³/mol. The fourth-order valence-corrected chi connectivity index (χ4v) is 2.00. The maximum atomic E-state index is 10.1. The molecule has 1 aromatic carbocycles. The van der Waals surface area contributed by atoms with E-state index in [4.69, 9.17) is 0 Å². The quantitative estimate of drug-likeness (QED) is 0.817. The first-order chi connectivity index (χ1) is 7.91. The fraction of sp³-hybridized carbons (Fsp3) is 0.357. The third-order valence-corrected chi connectivity index (χ3v) is 2.81. The van der Waals surface area contributed by atoms with Gasteiger partial charge in [0.15, 0.2) is 0 Å². The van der Waals surface area contributed by atoms with E-state index in [1.165, 1.54) is 4.68 Å². The minimum Gasteiger partial charge on any atom is -0.493 e. The van der Waals surface area contributed by atoms with Gasteiger partial charge in [-0.15, -0.1) is 0 Å². The van der Waals surface area contributed by atoms with Gasteiger partial charge in [-0.2, -0.15) is 5.10 Å². The van der Waals surface area contributed by atoms with E-state index in [1.54, 1.807) is 7.05 Å². The van der Waals surface area contributed by atoms with Crippen LogP contribution in [-0.2, 0) is 12.5 Å². The highest BCUT2D eigenvalue weighted by atomic mass is 16.3. The van der Waals surface area contributed by atoms with Gasteiger partial charge in [0.2, 0.25) is 5.88 Å². The minimum absolute atomic E-state index is 0.135. The number of rotatable bonds is 1. The molecule has 1 N–H and O–H groups in total. The monoisotopic (exact) mass is 230 g/mol. The first-order valence-corrected chi connectivity index (χ1v) is 5.73. The first-order valence-electron chi connectivity index (χ1n) is 5.73. The highest BCUT2D eigenvalue weighted by Crippen LogP contribution is 2.38. The van der Waals surface area contributed by atoms with Crippen molar-refractivity contribution in [1.29, 1.82) is 0 Å². The van der Waals surface area contributed by atoms with Crippen LogP contribution in [0.15, 0.2) is 30.3 Å². The molecule has 0 fully saturated rings. The molecular weight excluding hydrogens is 212 g/mol. The van der Waals surface area contributed by atoms with E-state index in [0.29, 0.717) is 0 Å². The van der Waals surface area contributed by atoms with Crippen molar-refractivity contribution >= 4 is 0 Å². The summed E-state index contributed by atoms with van der Waals surface area (Å²) in [4.78, 5) is 0. The van der Waals surface area contributed by atoms with E-state index in [0.717, 1.165) is 16.8 Å². The number of hydrogen-bond acceptors (Lipinski definition) is 2. The summed E-state index contributed by atoms with van der Waals surface area (Å²) in [6, 6.07) is 9.96. The van der Waals surface area contributed by atoms with Crippen LogP contribution < -0.4 is 0 Å². The summed E-state index contributed by atoms with van der Waals surface area (Å²) in [6.45, 7) is 6.24. The lowest BCUT2D eigenvalue weighted by atomic mass is 9.85. The van der Waals surface area contributed by atoms with Crippen LogP contribution in [0.5, 0.6) is 5.88 Å². The van der Waals surface area contributed by atoms with E-state index < -0.39 is 0 Å². The van der Waals surface area contributed by atoms with Crippen molar-refractivity contribution in [1.82, 2.24) is 9.78 Å². The van der Waals surface area contributed by atoms with Crippen LogP contribution in [0, 0.1) is 0 Å². The molecule has 0 saturated heterocycles. The summed E-state index contributed by atoms with van der Waals surface area (Å²) in [5.41, 5.74) is 2.65. The van der Waals surface area contributed by atoms with Gasteiger partial charge in [-0.3, -0.25) is 0 Å². The molecule has 2 rings (SSSR count). The second-order valence-corrected chi connectivity index (χ2v) is 5.29. The van der Waals surface area contributed by atoms with Gasteiger partial charge in [-0.1, -0.05) is 51.1 Å². The maximum absolute atomic E-state index is 10.1. The van der Waals surface area contributed by atoms with Gasteiger partial charge in [0, 0.05) is 18.2 Å². The SMILES string of the molecule is Cn1nc(-c2ccccc2)c(C(C)(C)C)c1O. The molecule has 0 atom stereocenters. The summed E-state index contributed by atoms with van der Waals surface area (Å²) in [7, 11) is 1.76. The zero-order valence-corrected chi connectivity index (χ0v) is 10.7. The molecule has 0 radical (unpaired) electrons. The van der Waals surface area contributed by atoms with Crippen molar-refractivity contribution in [3.63, 3.8) is 0 Å². The molecule has 3 nitrogen and oxygen atoms in total. The van der Waals surface area contributed by atoms with E-state index in [9.17, 15) is 5.11 Å². The van der Waals surface area contributed by atoms with Crippen LogP contribution in [0.2, 0.25) is 0 Å². The lowest BCUT2D eigenvalue weighted by Gasteiger charge is -2.18. The summed E-state index contributed by atoms with van der Waals surface area (Å²) in [6.07, 6.45) is 0. The number of benzene rings is 1. The molecule has 0 unspecified atom stereocenters. The maximum Gasteiger partial charge on any atom is 0.213 e. The molecule has 3 heteroatoms. The number of aromatic nitrogens is 2. The van der Waals surface area contributed by atoms with Crippen LogP contribution in [-0.4, -0.2) is 14.9 Å². The summed E-state index contributed by atoms with van der Waals surface area (Å²) in [5.74, 6) is 0.247. The Morgan fingerprint density at radius 1 is 1.12 bits per heavy atom. The van der Waals surface area contributed by atoms with Crippen LogP contribution in [0.1, 0.15) is 26.3 Å². The number of nitrogens with zero attached hydrogens (tertiary/aromatic N) is 2. The third-order valence-electron chi connectivity index (χ3n) is 2.81. The summed E-state index contributed by atoms with van der Waals surface area (Å²) in [5, 5.41) is 14.5. The van der Waals surface area contributed by atoms with E-state index in [1.807, 2.05) is 30.3 Å². The van der Waals surface area contributed by atoms with Gasteiger partial charge in [-0.05, 0) is 5.41 Å². The molecule has 0 aliphatic heterocycles. The normalized spacial score (nSPS) is 11.8. The second-order valence-electron chi connectivity index (χ2n) is 5.29. The topological polar surface area (TPSA) is 38.0 Å². The second kappa shape index (κ2) is 3.91. The Morgan fingerprint density at radius 2 is 1.71 bits per heavy atom. The summed E-state index contributed by atoms with van der Waals surface area (Å²) >= 11 is 0. The highest BCUT2D eigenvalue weighted by Gasteiger charge is 2.27. The van der Waals surface area contributed by atoms with Crippen LogP contribution in [0.25, 0.3) is 11.3 Å². The average molecular weight is 230 g/mol. The Balaban J connectivity index is 2.67. The average Bonchev–Trinajstić information content (AvgIpc) is 2.56. The fourth-order valence-electron chi connectivity index (χ4n) is 2.00. The molecular formula is C14H18N2O. The summed E-state index contributed by atoms with van der Waals surface area (Å²) < 4.78 is 1.53. The molecule has 0 aliphatic carbocycles. The first kappa shape index (κ1) is 11.7. The Kier molecular flexibility index (Phi) is 2.69. The lowest BCUT2D eigenvalue weighted by Crippen LogP contribution is -2.11. The molecule has 0 amide bonds. The number of hydrogen-bond donors (Lipinski definition) is 1. The molecule has 90 valence electrons. The minimum atomic E-state index is -0.135. The van der Waals surface area contributed by atoms with Crippen molar-refractivity contribution in [2.24, 2.45) is 7.05 Å². The zero-order chi connectivity index (χ0) is 12.6.